The molecule has 0 spiro atoms. The van der Waals surface area contributed by atoms with E-state index in [1.807, 2.05) is 24.8 Å². The molecular formula is C10H17N5S. The van der Waals surface area contributed by atoms with Gasteiger partial charge in [0.1, 0.15) is 11.6 Å². The highest BCUT2D eigenvalue weighted by Crippen LogP contribution is 2.26. The largest absolute Gasteiger partial charge is 0.308 e. The number of nitrogen functional groups attached to an aromatic ring is 1. The summed E-state index contributed by atoms with van der Waals surface area (Å²) >= 11 is 1.95. The first kappa shape index (κ1) is 11.6. The van der Waals surface area contributed by atoms with Gasteiger partial charge in [0, 0.05) is 29.8 Å². The van der Waals surface area contributed by atoms with Gasteiger partial charge < -0.3 is 5.43 Å². The minimum Gasteiger partial charge on any atom is -0.308 e. The molecule has 0 saturated carbocycles. The number of hydrazine groups is 1. The predicted octanol–water partition coefficient (Wildman–Crippen LogP) is 0.790. The van der Waals surface area contributed by atoms with E-state index >= 15 is 0 Å². The topological polar surface area (TPSA) is 67.1 Å². The fourth-order valence-electron chi connectivity index (χ4n) is 1.77. The summed E-state index contributed by atoms with van der Waals surface area (Å²) in [4.78, 5) is 11.2. The number of aromatic nitrogens is 2. The van der Waals surface area contributed by atoms with Gasteiger partial charge in [-0.25, -0.2) is 15.8 Å². The van der Waals surface area contributed by atoms with Crippen LogP contribution in [0.25, 0.3) is 0 Å². The van der Waals surface area contributed by atoms with Crippen molar-refractivity contribution in [1.29, 1.82) is 0 Å². The van der Waals surface area contributed by atoms with Crippen molar-refractivity contribution in [3.63, 3.8) is 0 Å². The van der Waals surface area contributed by atoms with Crippen LogP contribution in [0, 0.1) is 6.92 Å². The maximum Gasteiger partial charge on any atom is 0.148 e. The molecule has 1 fully saturated rings. The van der Waals surface area contributed by atoms with Crippen LogP contribution >= 0.6 is 11.8 Å². The van der Waals surface area contributed by atoms with Crippen LogP contribution in [0.4, 0.5) is 5.82 Å². The number of anilines is 1. The van der Waals surface area contributed by atoms with Crippen molar-refractivity contribution >= 4 is 17.6 Å². The molecule has 1 aliphatic heterocycles. The molecule has 1 aromatic heterocycles. The SMILES string of the molecule is Cc1cc(NN)nc(C2CSCCN2C)n1. The monoisotopic (exact) mass is 239 g/mol. The van der Waals surface area contributed by atoms with E-state index in [0.717, 1.165) is 23.8 Å². The van der Waals surface area contributed by atoms with Crippen LogP contribution < -0.4 is 11.3 Å². The zero-order valence-electron chi connectivity index (χ0n) is 9.60. The third kappa shape index (κ3) is 2.45. The molecule has 1 aromatic rings. The molecule has 6 heteroatoms. The summed E-state index contributed by atoms with van der Waals surface area (Å²) in [5.41, 5.74) is 3.53. The van der Waals surface area contributed by atoms with Gasteiger partial charge in [0.05, 0.1) is 6.04 Å². The molecule has 1 unspecified atom stereocenters. The average Bonchev–Trinajstić information content (AvgIpc) is 2.28. The van der Waals surface area contributed by atoms with E-state index in [4.69, 9.17) is 5.84 Å². The second-order valence-corrected chi connectivity index (χ2v) is 5.12. The van der Waals surface area contributed by atoms with Crippen molar-refractivity contribution < 1.29 is 0 Å². The van der Waals surface area contributed by atoms with E-state index in [9.17, 15) is 0 Å². The van der Waals surface area contributed by atoms with Crippen LogP contribution in [0.2, 0.25) is 0 Å². The average molecular weight is 239 g/mol. The maximum atomic E-state index is 5.39. The van der Waals surface area contributed by atoms with Crippen LogP contribution in [-0.4, -0.2) is 40.0 Å². The Kier molecular flexibility index (Phi) is 3.63. The lowest BCUT2D eigenvalue weighted by atomic mass is 10.2. The van der Waals surface area contributed by atoms with Gasteiger partial charge in [0.25, 0.3) is 0 Å². The van der Waals surface area contributed by atoms with E-state index in [0.29, 0.717) is 11.9 Å². The summed E-state index contributed by atoms with van der Waals surface area (Å²) in [6, 6.07) is 2.14. The normalized spacial score (nSPS) is 22.1. The Labute approximate surface area is 99.8 Å². The summed E-state index contributed by atoms with van der Waals surface area (Å²) in [6.07, 6.45) is 0. The summed E-state index contributed by atoms with van der Waals surface area (Å²) in [7, 11) is 2.12. The number of aryl methyl sites for hydroxylation is 1. The number of nitrogens with zero attached hydrogens (tertiary/aromatic N) is 3. The number of rotatable bonds is 2. The van der Waals surface area contributed by atoms with Crippen LogP contribution in [0.3, 0.4) is 0 Å². The molecule has 5 nitrogen and oxygen atoms in total. The second kappa shape index (κ2) is 4.99. The molecule has 0 bridgehead atoms. The first-order valence-electron chi connectivity index (χ1n) is 5.31. The Bertz CT molecular complexity index is 370. The van der Waals surface area contributed by atoms with Crippen molar-refractivity contribution in [2.24, 2.45) is 5.84 Å². The lowest BCUT2D eigenvalue weighted by molar-refractivity contribution is 0.264. The van der Waals surface area contributed by atoms with E-state index in [2.05, 4.69) is 27.3 Å². The van der Waals surface area contributed by atoms with Crippen molar-refractivity contribution in [1.82, 2.24) is 14.9 Å². The second-order valence-electron chi connectivity index (χ2n) is 3.97. The van der Waals surface area contributed by atoms with Gasteiger partial charge >= 0.3 is 0 Å². The van der Waals surface area contributed by atoms with Crippen LogP contribution in [0.5, 0.6) is 0 Å². The molecule has 0 amide bonds. The molecule has 1 saturated heterocycles. The molecule has 0 aromatic carbocycles. The zero-order chi connectivity index (χ0) is 11.5. The van der Waals surface area contributed by atoms with Crippen LogP contribution in [-0.2, 0) is 0 Å². The Hall–Kier alpha value is -0.850. The molecule has 3 N–H and O–H groups in total. The number of nitrogens with one attached hydrogen (secondary N) is 1. The van der Waals surface area contributed by atoms with E-state index in [1.165, 1.54) is 5.75 Å². The maximum absolute atomic E-state index is 5.39. The number of hydrogen-bond donors (Lipinski definition) is 2. The van der Waals surface area contributed by atoms with Gasteiger partial charge in [0.2, 0.25) is 0 Å². The lowest BCUT2D eigenvalue weighted by Crippen LogP contribution is -2.34. The van der Waals surface area contributed by atoms with E-state index < -0.39 is 0 Å². The number of thioether (sulfide) groups is 1. The molecular weight excluding hydrogens is 222 g/mol. The molecule has 2 heterocycles. The molecule has 0 aliphatic carbocycles. The molecule has 0 radical (unpaired) electrons. The van der Waals surface area contributed by atoms with Crippen LogP contribution in [0.15, 0.2) is 6.07 Å². The summed E-state index contributed by atoms with van der Waals surface area (Å²) in [5.74, 6) is 9.17. The van der Waals surface area contributed by atoms with Crippen molar-refractivity contribution in [2.45, 2.75) is 13.0 Å². The molecule has 1 aliphatic rings. The summed E-state index contributed by atoms with van der Waals surface area (Å²) < 4.78 is 0. The van der Waals surface area contributed by atoms with Gasteiger partial charge in [-0.05, 0) is 14.0 Å². The highest BCUT2D eigenvalue weighted by Gasteiger charge is 2.23. The minimum atomic E-state index is 0.297. The minimum absolute atomic E-state index is 0.297. The Balaban J connectivity index is 2.27. The van der Waals surface area contributed by atoms with Gasteiger partial charge in [-0.3, -0.25) is 4.90 Å². The molecule has 88 valence electrons. The number of hydrogen-bond acceptors (Lipinski definition) is 6. The standard InChI is InChI=1S/C10H17N5S/c1-7-5-9(14-11)13-10(12-7)8-6-16-4-3-15(8)2/h5,8H,3-4,6,11H2,1-2H3,(H,12,13,14). The fourth-order valence-corrected chi connectivity index (χ4v) is 2.98. The number of nitrogens with two attached hydrogens (primary N) is 1. The highest BCUT2D eigenvalue weighted by atomic mass is 32.2. The lowest BCUT2D eigenvalue weighted by Gasteiger charge is -2.31. The van der Waals surface area contributed by atoms with Crippen LogP contribution in [0.1, 0.15) is 17.6 Å². The first-order chi connectivity index (χ1) is 7.70. The molecule has 2 rings (SSSR count). The van der Waals surface area contributed by atoms with Crippen molar-refractivity contribution in [3.8, 4) is 0 Å². The van der Waals surface area contributed by atoms with Gasteiger partial charge in [-0.1, -0.05) is 0 Å². The van der Waals surface area contributed by atoms with E-state index in [-0.39, 0.29) is 0 Å². The molecule has 16 heavy (non-hydrogen) atoms. The summed E-state index contributed by atoms with van der Waals surface area (Å²) in [6.45, 7) is 3.04. The van der Waals surface area contributed by atoms with Gasteiger partial charge in [-0.2, -0.15) is 11.8 Å². The van der Waals surface area contributed by atoms with Crippen molar-refractivity contribution in [3.05, 3.63) is 17.6 Å². The predicted molar refractivity (Wildman–Crippen MR) is 67.3 cm³/mol. The Morgan fingerprint density at radius 3 is 3.06 bits per heavy atom. The Morgan fingerprint density at radius 1 is 1.56 bits per heavy atom. The third-order valence-electron chi connectivity index (χ3n) is 2.71. The molecule has 1 atom stereocenters. The highest BCUT2D eigenvalue weighted by molar-refractivity contribution is 7.99. The quantitative estimate of drug-likeness (QED) is 0.587. The zero-order valence-corrected chi connectivity index (χ0v) is 10.4. The fraction of sp³-hybridized carbons (Fsp3) is 0.600. The smallest absolute Gasteiger partial charge is 0.148 e. The van der Waals surface area contributed by atoms with Crippen molar-refractivity contribution in [2.75, 3.05) is 30.5 Å². The Morgan fingerprint density at radius 2 is 2.38 bits per heavy atom. The summed E-state index contributed by atoms with van der Waals surface area (Å²) in [5, 5.41) is 0. The van der Waals surface area contributed by atoms with E-state index in [1.54, 1.807) is 0 Å². The van der Waals surface area contributed by atoms with Gasteiger partial charge in [0.15, 0.2) is 0 Å². The van der Waals surface area contributed by atoms with Gasteiger partial charge in [-0.15, -0.1) is 0 Å². The first-order valence-corrected chi connectivity index (χ1v) is 6.46. The third-order valence-corrected chi connectivity index (χ3v) is 3.74.